The topological polar surface area (TPSA) is 84.9 Å². The number of piperidine rings is 1. The first-order valence-electron chi connectivity index (χ1n) is 10.2. The fourth-order valence-electron chi connectivity index (χ4n) is 3.44. The van der Waals surface area contributed by atoms with Gasteiger partial charge in [0.1, 0.15) is 11.9 Å². The van der Waals surface area contributed by atoms with E-state index in [9.17, 15) is 13.2 Å². The van der Waals surface area contributed by atoms with Gasteiger partial charge in [-0.1, -0.05) is 41.9 Å². The summed E-state index contributed by atoms with van der Waals surface area (Å²) in [7, 11) is -3.87. The molecule has 2 aromatic carbocycles. The van der Waals surface area contributed by atoms with Crippen LogP contribution in [0.2, 0.25) is 5.02 Å². The zero-order valence-electron chi connectivity index (χ0n) is 17.4. The Morgan fingerprint density at radius 3 is 2.52 bits per heavy atom. The second kappa shape index (κ2) is 10.8. The minimum absolute atomic E-state index is 0.0517. The van der Waals surface area contributed by atoms with Gasteiger partial charge in [0.05, 0.1) is 17.3 Å². The summed E-state index contributed by atoms with van der Waals surface area (Å²) in [6, 6.07) is 15.1. The van der Waals surface area contributed by atoms with Crippen LogP contribution < -0.4 is 9.46 Å². The van der Waals surface area contributed by atoms with E-state index in [0.717, 1.165) is 32.5 Å². The van der Waals surface area contributed by atoms with E-state index in [1.807, 2.05) is 18.2 Å². The maximum Gasteiger partial charge on any atom is 0.323 e. The predicted molar refractivity (Wildman–Crippen MR) is 121 cm³/mol. The standard InChI is InChI=1S/C22H27ClN2O5S/c1-2-29-22(26)16-31(27,28)24-18-8-9-21(20(23)14-18)30-19-10-12-25(13-11-19)15-17-6-4-3-5-7-17/h3-9,14,19,24H,2,10-13,15-16H2,1H3. The third-order valence-electron chi connectivity index (χ3n) is 4.90. The normalized spacial score (nSPS) is 15.4. The van der Waals surface area contributed by atoms with Crippen molar-refractivity contribution in [2.45, 2.75) is 32.4 Å². The lowest BCUT2D eigenvalue weighted by atomic mass is 10.1. The summed E-state index contributed by atoms with van der Waals surface area (Å²) in [5.74, 6) is -1.05. The molecule has 2 aromatic rings. The van der Waals surface area contributed by atoms with Gasteiger partial charge in [-0.15, -0.1) is 0 Å². The maximum absolute atomic E-state index is 12.1. The molecule has 0 aromatic heterocycles. The smallest absolute Gasteiger partial charge is 0.323 e. The van der Waals surface area contributed by atoms with Gasteiger partial charge in [0.15, 0.2) is 5.75 Å². The number of nitrogens with zero attached hydrogens (tertiary/aromatic N) is 1. The maximum atomic E-state index is 12.1. The van der Waals surface area contributed by atoms with E-state index in [1.165, 1.54) is 11.6 Å². The number of halogens is 1. The fourth-order valence-corrected chi connectivity index (χ4v) is 4.62. The SMILES string of the molecule is CCOC(=O)CS(=O)(=O)Nc1ccc(OC2CCN(Cc3ccccc3)CC2)c(Cl)c1. The molecule has 3 rings (SSSR count). The molecule has 0 unspecified atom stereocenters. The molecule has 7 nitrogen and oxygen atoms in total. The Kier molecular flexibility index (Phi) is 8.17. The Labute approximate surface area is 188 Å². The summed E-state index contributed by atoms with van der Waals surface area (Å²) in [6.07, 6.45) is 1.82. The third-order valence-corrected chi connectivity index (χ3v) is 6.35. The minimum atomic E-state index is -3.87. The van der Waals surface area contributed by atoms with E-state index in [1.54, 1.807) is 19.1 Å². The molecule has 0 bridgehead atoms. The van der Waals surface area contributed by atoms with Crippen molar-refractivity contribution in [1.29, 1.82) is 0 Å². The van der Waals surface area contributed by atoms with E-state index in [2.05, 4.69) is 26.5 Å². The van der Waals surface area contributed by atoms with Crippen LogP contribution in [0.3, 0.4) is 0 Å². The third kappa shape index (κ3) is 7.41. The molecule has 0 radical (unpaired) electrons. The van der Waals surface area contributed by atoms with Crippen LogP contribution in [0, 0.1) is 0 Å². The highest BCUT2D eigenvalue weighted by Gasteiger charge is 2.22. The number of carbonyl (C=O) groups is 1. The van der Waals surface area contributed by atoms with Crippen molar-refractivity contribution in [3.8, 4) is 5.75 Å². The number of esters is 1. The summed E-state index contributed by atoms with van der Waals surface area (Å²) in [5, 5.41) is 0.308. The second-order valence-corrected chi connectivity index (χ2v) is 9.52. The lowest BCUT2D eigenvalue weighted by Crippen LogP contribution is -2.37. The molecule has 0 atom stereocenters. The van der Waals surface area contributed by atoms with Gasteiger partial charge in [-0.05, 0) is 43.5 Å². The molecule has 0 spiro atoms. The van der Waals surface area contributed by atoms with Crippen LogP contribution in [-0.2, 0) is 26.1 Å². The molecule has 1 N–H and O–H groups in total. The second-order valence-electron chi connectivity index (χ2n) is 7.39. The molecule has 31 heavy (non-hydrogen) atoms. The van der Waals surface area contributed by atoms with E-state index in [0.29, 0.717) is 10.8 Å². The molecule has 0 saturated carbocycles. The van der Waals surface area contributed by atoms with Crippen LogP contribution in [-0.4, -0.2) is 50.8 Å². The van der Waals surface area contributed by atoms with Crippen molar-refractivity contribution in [2.24, 2.45) is 0 Å². The number of rotatable bonds is 9. The number of nitrogens with one attached hydrogen (secondary N) is 1. The fraction of sp³-hybridized carbons (Fsp3) is 0.409. The van der Waals surface area contributed by atoms with Crippen molar-refractivity contribution in [1.82, 2.24) is 4.90 Å². The molecule has 0 amide bonds. The zero-order valence-corrected chi connectivity index (χ0v) is 19.0. The number of anilines is 1. The van der Waals surface area contributed by atoms with Gasteiger partial charge in [0.2, 0.25) is 10.0 Å². The van der Waals surface area contributed by atoms with Crippen LogP contribution in [0.1, 0.15) is 25.3 Å². The summed E-state index contributed by atoms with van der Waals surface area (Å²) in [4.78, 5) is 13.8. The zero-order chi connectivity index (χ0) is 22.3. The van der Waals surface area contributed by atoms with Crippen molar-refractivity contribution >= 4 is 33.3 Å². The number of hydrogen-bond acceptors (Lipinski definition) is 6. The molecule has 1 fully saturated rings. The Balaban J connectivity index is 1.51. The molecule has 1 aliphatic heterocycles. The summed E-state index contributed by atoms with van der Waals surface area (Å²) in [5.41, 5.74) is 1.56. The van der Waals surface area contributed by atoms with Crippen LogP contribution in [0.25, 0.3) is 0 Å². The first kappa shape index (κ1) is 23.4. The molecule has 0 aliphatic carbocycles. The Morgan fingerprint density at radius 1 is 1.16 bits per heavy atom. The average molecular weight is 467 g/mol. The van der Waals surface area contributed by atoms with Crippen LogP contribution >= 0.6 is 11.6 Å². The van der Waals surface area contributed by atoms with Crippen molar-refractivity contribution in [3.63, 3.8) is 0 Å². The van der Waals surface area contributed by atoms with Gasteiger partial charge < -0.3 is 9.47 Å². The van der Waals surface area contributed by atoms with Crippen LogP contribution in [0.15, 0.2) is 48.5 Å². The van der Waals surface area contributed by atoms with E-state index >= 15 is 0 Å². The Hall–Kier alpha value is -2.29. The van der Waals surface area contributed by atoms with Crippen LogP contribution in [0.4, 0.5) is 5.69 Å². The summed E-state index contributed by atoms with van der Waals surface area (Å²) in [6.45, 7) is 4.53. The first-order chi connectivity index (χ1) is 14.8. The number of hydrogen-bond donors (Lipinski definition) is 1. The van der Waals surface area contributed by atoms with Crippen LogP contribution in [0.5, 0.6) is 5.75 Å². The number of likely N-dealkylation sites (tertiary alicyclic amines) is 1. The quantitative estimate of drug-likeness (QED) is 0.567. The molecule has 1 heterocycles. The first-order valence-corrected chi connectivity index (χ1v) is 12.3. The van der Waals surface area contributed by atoms with Gasteiger partial charge in [-0.3, -0.25) is 14.4 Å². The largest absolute Gasteiger partial charge is 0.489 e. The minimum Gasteiger partial charge on any atom is -0.489 e. The van der Waals surface area contributed by atoms with E-state index in [-0.39, 0.29) is 18.4 Å². The van der Waals surface area contributed by atoms with Gasteiger partial charge in [-0.25, -0.2) is 8.42 Å². The lowest BCUT2D eigenvalue weighted by molar-refractivity contribution is -0.139. The highest BCUT2D eigenvalue weighted by molar-refractivity contribution is 7.93. The Bertz CT molecular complexity index is 977. The van der Waals surface area contributed by atoms with E-state index in [4.69, 9.17) is 16.3 Å². The number of sulfonamides is 1. The summed E-state index contributed by atoms with van der Waals surface area (Å²) >= 11 is 6.31. The van der Waals surface area contributed by atoms with Gasteiger partial charge in [0.25, 0.3) is 0 Å². The Morgan fingerprint density at radius 2 is 1.87 bits per heavy atom. The number of ether oxygens (including phenoxy) is 2. The van der Waals surface area contributed by atoms with Crippen molar-refractivity contribution in [2.75, 3.05) is 30.2 Å². The van der Waals surface area contributed by atoms with Gasteiger partial charge in [-0.2, -0.15) is 0 Å². The number of carbonyl (C=O) groups excluding carboxylic acids is 1. The van der Waals surface area contributed by atoms with E-state index < -0.39 is 21.7 Å². The van der Waals surface area contributed by atoms with Crippen molar-refractivity contribution in [3.05, 3.63) is 59.1 Å². The monoisotopic (exact) mass is 466 g/mol. The highest BCUT2D eigenvalue weighted by Crippen LogP contribution is 2.30. The molecular weight excluding hydrogens is 440 g/mol. The lowest BCUT2D eigenvalue weighted by Gasteiger charge is -2.32. The highest BCUT2D eigenvalue weighted by atomic mass is 35.5. The van der Waals surface area contributed by atoms with Gasteiger partial charge in [0, 0.05) is 19.6 Å². The molecule has 9 heteroatoms. The van der Waals surface area contributed by atoms with Gasteiger partial charge >= 0.3 is 5.97 Å². The van der Waals surface area contributed by atoms with Crippen molar-refractivity contribution < 1.29 is 22.7 Å². The molecule has 1 saturated heterocycles. The number of benzene rings is 2. The average Bonchev–Trinajstić information content (AvgIpc) is 2.71. The summed E-state index contributed by atoms with van der Waals surface area (Å²) < 4.78 is 37.2. The molecule has 168 valence electrons. The molecular formula is C22H27ClN2O5S. The molecule has 1 aliphatic rings. The predicted octanol–water partition coefficient (Wildman–Crippen LogP) is 3.69.